The fourth-order valence-corrected chi connectivity index (χ4v) is 6.69. The highest BCUT2D eigenvalue weighted by Crippen LogP contribution is 2.61. The van der Waals surface area contributed by atoms with Crippen molar-refractivity contribution in [2.75, 3.05) is 27.9 Å². The van der Waals surface area contributed by atoms with Crippen LogP contribution in [0.15, 0.2) is 48.5 Å². The van der Waals surface area contributed by atoms with Crippen molar-refractivity contribution in [3.63, 3.8) is 0 Å². The summed E-state index contributed by atoms with van der Waals surface area (Å²) < 4.78 is 0. The van der Waals surface area contributed by atoms with Crippen LogP contribution in [-0.4, -0.2) is 30.7 Å². The normalized spacial score (nSPS) is 32.4. The number of benzene rings is 2. The lowest BCUT2D eigenvalue weighted by atomic mass is 9.51. The molecule has 3 aliphatic carbocycles. The van der Waals surface area contributed by atoms with Crippen molar-refractivity contribution in [2.24, 2.45) is 35.5 Å². The van der Waals surface area contributed by atoms with Crippen molar-refractivity contribution < 1.29 is 19.2 Å². The molecule has 8 nitrogen and oxygen atoms in total. The Labute approximate surface area is 190 Å². The Hall–Kier alpha value is -3.68. The fourth-order valence-electron chi connectivity index (χ4n) is 6.69. The smallest absolute Gasteiger partial charge is 0.237 e. The predicted molar refractivity (Wildman–Crippen MR) is 122 cm³/mol. The topological polar surface area (TPSA) is 113 Å². The lowest BCUT2D eigenvalue weighted by Crippen LogP contribution is -2.53. The molecule has 33 heavy (non-hydrogen) atoms. The molecule has 2 aromatic rings. The summed E-state index contributed by atoms with van der Waals surface area (Å²) in [5.74, 6) is -3.86. The summed E-state index contributed by atoms with van der Waals surface area (Å²) in [6.07, 6.45) is 1.35. The van der Waals surface area contributed by atoms with Gasteiger partial charge >= 0.3 is 0 Å². The zero-order valence-corrected chi connectivity index (χ0v) is 18.1. The van der Waals surface area contributed by atoms with Gasteiger partial charge in [0.1, 0.15) is 0 Å². The van der Waals surface area contributed by atoms with Crippen LogP contribution in [0.25, 0.3) is 0 Å². The van der Waals surface area contributed by atoms with Gasteiger partial charge in [-0.2, -0.15) is 0 Å². The van der Waals surface area contributed by atoms with E-state index in [9.17, 15) is 19.2 Å². The fraction of sp³-hybridized carbons (Fsp3) is 0.360. The van der Waals surface area contributed by atoms with E-state index >= 15 is 0 Å². The number of anilines is 4. The minimum atomic E-state index is -0.557. The summed E-state index contributed by atoms with van der Waals surface area (Å²) in [5, 5.41) is 3.02. The van der Waals surface area contributed by atoms with E-state index in [1.165, 1.54) is 9.80 Å². The van der Waals surface area contributed by atoms with E-state index in [1.807, 2.05) is 12.1 Å². The van der Waals surface area contributed by atoms with Gasteiger partial charge in [0.15, 0.2) is 0 Å². The van der Waals surface area contributed by atoms with Gasteiger partial charge in [0.05, 0.1) is 35.0 Å². The van der Waals surface area contributed by atoms with Crippen molar-refractivity contribution >= 4 is 46.4 Å². The number of carbonyl (C=O) groups excluding carboxylic acids is 4. The zero-order valence-electron chi connectivity index (χ0n) is 18.1. The molecule has 4 amide bonds. The second-order valence-corrected chi connectivity index (χ2v) is 9.42. The van der Waals surface area contributed by atoms with E-state index in [-0.39, 0.29) is 35.5 Å². The van der Waals surface area contributed by atoms with Crippen LogP contribution in [0, 0.1) is 35.5 Å². The summed E-state index contributed by atoms with van der Waals surface area (Å²) in [6, 6.07) is 13.8. The van der Waals surface area contributed by atoms with Crippen LogP contribution < -0.4 is 20.9 Å². The number of nitrogens with zero attached hydrogens (tertiary/aromatic N) is 2. The van der Waals surface area contributed by atoms with Gasteiger partial charge in [0.25, 0.3) is 0 Å². The minimum Gasteiger partial charge on any atom is -0.399 e. The Bertz CT molecular complexity index is 1140. The average Bonchev–Trinajstić information content (AvgIpc) is 3.27. The van der Waals surface area contributed by atoms with Crippen LogP contribution in [0.4, 0.5) is 22.7 Å². The number of nitrogens with two attached hydrogens (primary N) is 1. The minimum absolute atomic E-state index is 0.249. The molecule has 0 aromatic heterocycles. The van der Waals surface area contributed by atoms with Crippen LogP contribution >= 0.6 is 0 Å². The monoisotopic (exact) mass is 444 g/mol. The average molecular weight is 444 g/mol. The number of hydrogen-bond acceptors (Lipinski definition) is 6. The maximum atomic E-state index is 13.5. The molecule has 7 rings (SSSR count). The molecule has 2 bridgehead atoms. The Morgan fingerprint density at radius 3 is 1.39 bits per heavy atom. The van der Waals surface area contributed by atoms with Gasteiger partial charge in [-0.25, -0.2) is 0 Å². The molecular weight excluding hydrogens is 420 g/mol. The summed E-state index contributed by atoms with van der Waals surface area (Å²) in [6.45, 7) is 0. The van der Waals surface area contributed by atoms with Crippen molar-refractivity contribution in [1.29, 1.82) is 0 Å². The van der Waals surface area contributed by atoms with Crippen LogP contribution in [0.3, 0.4) is 0 Å². The van der Waals surface area contributed by atoms with Crippen LogP contribution in [-0.2, 0) is 19.2 Å². The third-order valence-electron chi connectivity index (χ3n) is 8.04. The van der Waals surface area contributed by atoms with E-state index in [4.69, 9.17) is 5.73 Å². The lowest BCUT2D eigenvalue weighted by Gasteiger charge is -2.48. The standard InChI is InChI=1S/C25H24N4O4/c1-27-13-4-8-15(9-5-13)29-24(32)20-16-10-11-17(21(20)25(29)33)19-18(16)22(30)28(23(19)31)14-6-2-12(26)3-7-14/h2-9,16-21,27H,10-11,26H2,1H3. The van der Waals surface area contributed by atoms with Gasteiger partial charge in [-0.05, 0) is 73.2 Å². The first-order valence-electron chi connectivity index (χ1n) is 11.3. The first kappa shape index (κ1) is 20.0. The van der Waals surface area contributed by atoms with Crippen molar-refractivity contribution in [3.05, 3.63) is 48.5 Å². The molecule has 2 aromatic carbocycles. The quantitative estimate of drug-likeness (QED) is 0.555. The summed E-state index contributed by atoms with van der Waals surface area (Å²) in [7, 11) is 1.80. The molecule has 3 saturated carbocycles. The number of fused-ring (bicyclic) bond motifs is 1. The van der Waals surface area contributed by atoms with Gasteiger partial charge in [0, 0.05) is 18.4 Å². The second-order valence-electron chi connectivity index (χ2n) is 9.42. The molecular formula is C25H24N4O4. The first-order chi connectivity index (χ1) is 15.9. The Morgan fingerprint density at radius 1 is 0.667 bits per heavy atom. The maximum Gasteiger partial charge on any atom is 0.237 e. The van der Waals surface area contributed by atoms with Gasteiger partial charge in [0.2, 0.25) is 23.6 Å². The Morgan fingerprint density at radius 2 is 1.03 bits per heavy atom. The largest absolute Gasteiger partial charge is 0.399 e. The number of imide groups is 2. The number of hydrogen-bond donors (Lipinski definition) is 2. The molecule has 3 N–H and O–H groups in total. The summed E-state index contributed by atoms with van der Waals surface area (Å²) in [5.41, 5.74) is 8.21. The number of amides is 4. The molecule has 8 heteroatoms. The van der Waals surface area contributed by atoms with E-state index in [1.54, 1.807) is 43.4 Å². The number of nitrogen functional groups attached to an aromatic ring is 1. The third kappa shape index (κ3) is 2.57. The highest BCUT2D eigenvalue weighted by atomic mass is 16.2. The van der Waals surface area contributed by atoms with Crippen LogP contribution in [0.1, 0.15) is 12.8 Å². The van der Waals surface area contributed by atoms with E-state index in [2.05, 4.69) is 5.32 Å². The number of rotatable bonds is 3. The summed E-state index contributed by atoms with van der Waals surface area (Å²) >= 11 is 0. The first-order valence-corrected chi connectivity index (χ1v) is 11.3. The van der Waals surface area contributed by atoms with Crippen molar-refractivity contribution in [3.8, 4) is 0 Å². The van der Waals surface area contributed by atoms with Gasteiger partial charge in [-0.3, -0.25) is 29.0 Å². The van der Waals surface area contributed by atoms with Gasteiger partial charge < -0.3 is 11.1 Å². The highest BCUT2D eigenvalue weighted by molar-refractivity contribution is 6.26. The molecule has 168 valence electrons. The van der Waals surface area contributed by atoms with Gasteiger partial charge in [-0.1, -0.05) is 0 Å². The molecule has 2 aliphatic heterocycles. The molecule has 2 heterocycles. The molecule has 6 atom stereocenters. The maximum absolute atomic E-state index is 13.5. The Balaban J connectivity index is 1.37. The van der Waals surface area contributed by atoms with E-state index < -0.39 is 23.7 Å². The third-order valence-corrected chi connectivity index (χ3v) is 8.04. The zero-order chi connectivity index (χ0) is 23.0. The SMILES string of the molecule is CNc1ccc(N2C(=O)C3C4CCC(C5C(=O)N(c6ccc(N)cc6)C(=O)C45)C3C2=O)cc1. The van der Waals surface area contributed by atoms with Crippen LogP contribution in [0.2, 0.25) is 0 Å². The molecule has 5 fully saturated rings. The number of nitrogens with one attached hydrogen (secondary N) is 1. The predicted octanol–water partition coefficient (Wildman–Crippen LogP) is 2.26. The highest BCUT2D eigenvalue weighted by Gasteiger charge is 2.70. The van der Waals surface area contributed by atoms with Crippen LogP contribution in [0.5, 0.6) is 0 Å². The van der Waals surface area contributed by atoms with E-state index in [0.29, 0.717) is 29.9 Å². The molecule has 0 spiro atoms. The summed E-state index contributed by atoms with van der Waals surface area (Å²) in [4.78, 5) is 56.5. The molecule has 6 unspecified atom stereocenters. The number of carbonyl (C=O) groups is 4. The van der Waals surface area contributed by atoms with E-state index in [0.717, 1.165) is 5.69 Å². The van der Waals surface area contributed by atoms with Crippen molar-refractivity contribution in [2.45, 2.75) is 12.8 Å². The molecule has 5 aliphatic rings. The molecule has 0 radical (unpaired) electrons. The van der Waals surface area contributed by atoms with Crippen molar-refractivity contribution in [1.82, 2.24) is 0 Å². The molecule has 2 saturated heterocycles. The second kappa shape index (κ2) is 6.91. The Kier molecular flexibility index (Phi) is 4.18. The lowest BCUT2D eigenvalue weighted by molar-refractivity contribution is -0.148. The van der Waals surface area contributed by atoms with Gasteiger partial charge in [-0.15, -0.1) is 0 Å².